The molecule has 1 saturated carbocycles. The van der Waals surface area contributed by atoms with Crippen LogP contribution in [0.4, 0.5) is 10.2 Å². The molecule has 2 aliphatic rings. The van der Waals surface area contributed by atoms with Crippen LogP contribution in [0.15, 0.2) is 10.9 Å². The topological polar surface area (TPSA) is 64.2 Å². The van der Waals surface area contributed by atoms with E-state index in [0.717, 1.165) is 18.8 Å². The lowest BCUT2D eigenvalue weighted by atomic mass is 10.1. The van der Waals surface area contributed by atoms with Crippen LogP contribution in [0.1, 0.15) is 11.3 Å². The normalized spacial score (nSPS) is 26.6. The Morgan fingerprint density at radius 2 is 1.95 bits per heavy atom. The van der Waals surface area contributed by atoms with Crippen molar-refractivity contribution in [2.45, 2.75) is 19.9 Å². The van der Waals surface area contributed by atoms with Gasteiger partial charge in [-0.1, -0.05) is 0 Å². The molecule has 2 fully saturated rings. The minimum absolute atomic E-state index is 0.144. The maximum Gasteiger partial charge on any atom is 0.194 e. The largest absolute Gasteiger partial charge is 0.353 e. The molecule has 116 valence electrons. The van der Waals surface area contributed by atoms with E-state index in [1.54, 1.807) is 6.92 Å². The lowest BCUT2D eigenvalue weighted by Crippen LogP contribution is -2.30. The van der Waals surface area contributed by atoms with Gasteiger partial charge in [0, 0.05) is 37.4 Å². The monoisotopic (exact) mass is 302 g/mol. The van der Waals surface area contributed by atoms with Crippen molar-refractivity contribution in [1.29, 1.82) is 0 Å². The number of aryl methyl sites for hydroxylation is 1. The van der Waals surface area contributed by atoms with Crippen LogP contribution in [0.25, 0.3) is 11.0 Å². The van der Waals surface area contributed by atoms with Gasteiger partial charge in [0.15, 0.2) is 17.1 Å². The Bertz CT molecular complexity index is 848. The molecule has 0 radical (unpaired) electrons. The van der Waals surface area contributed by atoms with Gasteiger partial charge in [-0.25, -0.2) is 9.37 Å². The van der Waals surface area contributed by atoms with Crippen molar-refractivity contribution in [2.24, 2.45) is 24.6 Å². The van der Waals surface area contributed by atoms with Crippen molar-refractivity contribution >= 4 is 16.9 Å². The first kappa shape index (κ1) is 13.7. The average molecular weight is 302 g/mol. The number of hydrogen-bond donors (Lipinski definition) is 1. The third-order valence-electron chi connectivity index (χ3n) is 5.45. The highest BCUT2D eigenvalue weighted by atomic mass is 19.1. The Kier molecular flexibility index (Phi) is 2.67. The number of pyridine rings is 2. The maximum absolute atomic E-state index is 14.5. The Morgan fingerprint density at radius 3 is 2.59 bits per heavy atom. The Balaban J connectivity index is 1.88. The minimum Gasteiger partial charge on any atom is -0.353 e. The van der Waals surface area contributed by atoms with Gasteiger partial charge in [0.05, 0.1) is 5.39 Å². The number of nitrogens with zero attached hydrogens (tertiary/aromatic N) is 3. The fraction of sp³-hybridized carbons (Fsp3) is 0.500. The molecule has 2 aromatic heterocycles. The summed E-state index contributed by atoms with van der Waals surface area (Å²) in [4.78, 5) is 18.8. The average Bonchev–Trinajstić information content (AvgIpc) is 2.91. The van der Waals surface area contributed by atoms with Gasteiger partial charge in [0.1, 0.15) is 5.65 Å². The maximum atomic E-state index is 14.5. The Labute approximate surface area is 127 Å². The molecule has 5 nitrogen and oxygen atoms in total. The SMILES string of the molecule is Cc1c(C)n(C)c2nc(N3C[C@@H]4C(N)[C@@H]4C3)c(F)cc2c1=O. The zero-order chi connectivity index (χ0) is 15.8. The standard InChI is InChI=1S/C16H19FN4O/c1-7-8(2)20(3)15-9(14(7)22)4-12(17)16(19-15)21-5-10-11(6-21)13(10)18/h4,10-11,13H,5-6,18H2,1-3H3/t10-,11+,13?. The molecule has 1 saturated heterocycles. The van der Waals surface area contributed by atoms with Crippen molar-refractivity contribution in [3.05, 3.63) is 33.4 Å². The summed E-state index contributed by atoms with van der Waals surface area (Å²) in [5.74, 6) is 0.828. The summed E-state index contributed by atoms with van der Waals surface area (Å²) in [5, 5.41) is 0.341. The molecular formula is C16H19FN4O. The number of halogens is 1. The summed E-state index contributed by atoms with van der Waals surface area (Å²) in [6.45, 7) is 5.14. The molecule has 2 N–H and O–H groups in total. The van der Waals surface area contributed by atoms with Crippen LogP contribution in [0.5, 0.6) is 0 Å². The van der Waals surface area contributed by atoms with E-state index < -0.39 is 5.82 Å². The van der Waals surface area contributed by atoms with Gasteiger partial charge < -0.3 is 15.2 Å². The fourth-order valence-corrected chi connectivity index (χ4v) is 3.64. The van der Waals surface area contributed by atoms with Gasteiger partial charge in [0.2, 0.25) is 0 Å². The van der Waals surface area contributed by atoms with Crippen molar-refractivity contribution < 1.29 is 4.39 Å². The number of aromatic nitrogens is 2. The lowest BCUT2D eigenvalue weighted by Gasteiger charge is -2.22. The van der Waals surface area contributed by atoms with E-state index in [4.69, 9.17) is 5.73 Å². The van der Waals surface area contributed by atoms with E-state index in [2.05, 4.69) is 4.98 Å². The summed E-state index contributed by atoms with van der Waals surface area (Å²) in [6, 6.07) is 1.59. The van der Waals surface area contributed by atoms with Crippen LogP contribution in [-0.4, -0.2) is 28.7 Å². The first-order valence-corrected chi connectivity index (χ1v) is 7.57. The molecule has 6 heteroatoms. The number of fused-ring (bicyclic) bond motifs is 2. The predicted octanol–water partition coefficient (Wildman–Crippen LogP) is 1.08. The highest BCUT2D eigenvalue weighted by Gasteiger charge is 2.54. The smallest absolute Gasteiger partial charge is 0.194 e. The van der Waals surface area contributed by atoms with Gasteiger partial charge in [0.25, 0.3) is 0 Å². The molecule has 3 atom stereocenters. The molecule has 0 spiro atoms. The van der Waals surface area contributed by atoms with Gasteiger partial charge in [-0.15, -0.1) is 0 Å². The molecule has 0 amide bonds. The summed E-state index contributed by atoms with van der Waals surface area (Å²) < 4.78 is 16.3. The van der Waals surface area contributed by atoms with E-state index in [-0.39, 0.29) is 11.5 Å². The zero-order valence-electron chi connectivity index (χ0n) is 12.9. The second-order valence-corrected chi connectivity index (χ2v) is 6.57. The molecule has 0 aromatic carbocycles. The van der Waals surface area contributed by atoms with Crippen LogP contribution in [0.2, 0.25) is 0 Å². The number of nitrogens with two attached hydrogens (primary N) is 1. The van der Waals surface area contributed by atoms with E-state index in [1.165, 1.54) is 6.07 Å². The molecular weight excluding hydrogens is 283 g/mol. The molecule has 22 heavy (non-hydrogen) atoms. The van der Waals surface area contributed by atoms with Gasteiger partial charge in [-0.3, -0.25) is 4.79 Å². The number of anilines is 1. The highest BCUT2D eigenvalue weighted by Crippen LogP contribution is 2.45. The third-order valence-corrected chi connectivity index (χ3v) is 5.45. The molecule has 1 aliphatic carbocycles. The Hall–Kier alpha value is -1.95. The van der Waals surface area contributed by atoms with Gasteiger partial charge >= 0.3 is 0 Å². The lowest BCUT2D eigenvalue weighted by molar-refractivity contribution is 0.609. The first-order chi connectivity index (χ1) is 10.4. The van der Waals surface area contributed by atoms with Crippen molar-refractivity contribution in [3.63, 3.8) is 0 Å². The highest BCUT2D eigenvalue weighted by molar-refractivity contribution is 5.78. The number of rotatable bonds is 1. The van der Waals surface area contributed by atoms with Crippen LogP contribution in [0.3, 0.4) is 0 Å². The van der Waals surface area contributed by atoms with Crippen molar-refractivity contribution in [3.8, 4) is 0 Å². The molecule has 2 aromatic rings. The van der Waals surface area contributed by atoms with Crippen LogP contribution < -0.4 is 16.1 Å². The molecule has 3 heterocycles. The summed E-state index contributed by atoms with van der Waals surface area (Å²) in [5.41, 5.74) is 7.82. The van der Waals surface area contributed by atoms with Crippen LogP contribution >= 0.6 is 0 Å². The second-order valence-electron chi connectivity index (χ2n) is 6.57. The van der Waals surface area contributed by atoms with Crippen LogP contribution in [-0.2, 0) is 7.05 Å². The third kappa shape index (κ3) is 1.67. The van der Waals surface area contributed by atoms with Crippen LogP contribution in [0, 0.1) is 31.5 Å². The zero-order valence-corrected chi connectivity index (χ0v) is 12.9. The molecule has 4 rings (SSSR count). The summed E-state index contributed by atoms with van der Waals surface area (Å²) in [6.07, 6.45) is 0. The predicted molar refractivity (Wildman–Crippen MR) is 83.6 cm³/mol. The summed E-state index contributed by atoms with van der Waals surface area (Å²) in [7, 11) is 1.86. The van der Waals surface area contributed by atoms with E-state index in [9.17, 15) is 9.18 Å². The van der Waals surface area contributed by atoms with E-state index >= 15 is 0 Å². The minimum atomic E-state index is -0.428. The van der Waals surface area contributed by atoms with E-state index in [1.807, 2.05) is 23.4 Å². The molecule has 1 aliphatic heterocycles. The number of hydrogen-bond acceptors (Lipinski definition) is 4. The first-order valence-electron chi connectivity index (χ1n) is 7.57. The second kappa shape index (κ2) is 4.29. The van der Waals surface area contributed by atoms with Gasteiger partial charge in [-0.05, 0) is 31.7 Å². The summed E-state index contributed by atoms with van der Waals surface area (Å²) >= 11 is 0. The van der Waals surface area contributed by atoms with Crippen molar-refractivity contribution in [1.82, 2.24) is 9.55 Å². The molecule has 0 bridgehead atoms. The fourth-order valence-electron chi connectivity index (χ4n) is 3.64. The van der Waals surface area contributed by atoms with Gasteiger partial charge in [-0.2, -0.15) is 0 Å². The molecule has 1 unspecified atom stereocenters. The van der Waals surface area contributed by atoms with E-state index in [0.29, 0.717) is 34.3 Å². The van der Waals surface area contributed by atoms with Crippen molar-refractivity contribution in [2.75, 3.05) is 18.0 Å². The Morgan fingerprint density at radius 1 is 1.32 bits per heavy atom. The quantitative estimate of drug-likeness (QED) is 0.856. The number of piperidine rings is 1.